The molecule has 2 aromatic heterocycles. The molecule has 3 aromatic rings. The Labute approximate surface area is 151 Å². The van der Waals surface area contributed by atoms with E-state index in [-0.39, 0.29) is 24.8 Å². The molecular weight excluding hydrogens is 361 g/mol. The summed E-state index contributed by atoms with van der Waals surface area (Å²) in [6, 6.07) is 9.43. The zero-order chi connectivity index (χ0) is 17.6. The minimum absolute atomic E-state index is 0.121. The smallest absolute Gasteiger partial charge is 0.231 e. The summed E-state index contributed by atoms with van der Waals surface area (Å²) in [6.45, 7) is 0.251. The van der Waals surface area contributed by atoms with Crippen molar-refractivity contribution in [1.29, 1.82) is 5.26 Å². The van der Waals surface area contributed by atoms with Crippen LogP contribution < -0.4 is 10.1 Å². The van der Waals surface area contributed by atoms with Crippen molar-refractivity contribution in [2.75, 3.05) is 5.32 Å². The zero-order valence-corrected chi connectivity index (χ0v) is 14.5. The Morgan fingerprint density at radius 2 is 2.08 bits per heavy atom. The number of ether oxygens (including phenoxy) is 1. The van der Waals surface area contributed by atoms with Crippen LogP contribution in [0.5, 0.6) is 5.75 Å². The number of nitrogens with one attached hydrogen (secondary N) is 1. The first-order valence-electron chi connectivity index (χ1n) is 7.23. The lowest BCUT2D eigenvalue weighted by atomic mass is 10.3. The van der Waals surface area contributed by atoms with Crippen molar-refractivity contribution in [2.45, 2.75) is 13.0 Å². The Kier molecular flexibility index (Phi) is 5.38. The molecule has 8 heteroatoms. The number of hydrogen-bond acceptors (Lipinski definition) is 6. The van der Waals surface area contributed by atoms with Crippen LogP contribution in [0.15, 0.2) is 41.1 Å². The first-order valence-corrected chi connectivity index (χ1v) is 8.99. The summed E-state index contributed by atoms with van der Waals surface area (Å²) in [5.74, 6) is 0.00747. The van der Waals surface area contributed by atoms with Gasteiger partial charge >= 0.3 is 0 Å². The quantitative estimate of drug-likeness (QED) is 0.709. The molecule has 0 aliphatic heterocycles. The van der Waals surface area contributed by atoms with Crippen LogP contribution in [0, 0.1) is 17.1 Å². The molecule has 0 atom stereocenters. The van der Waals surface area contributed by atoms with E-state index in [9.17, 15) is 9.18 Å². The van der Waals surface area contributed by atoms with Gasteiger partial charge in [-0.3, -0.25) is 4.79 Å². The van der Waals surface area contributed by atoms with Crippen LogP contribution in [0.3, 0.4) is 0 Å². The number of nitrogens with zero attached hydrogens (tertiary/aromatic N) is 2. The first-order chi connectivity index (χ1) is 12.1. The van der Waals surface area contributed by atoms with Crippen LogP contribution in [0.2, 0.25) is 0 Å². The number of benzene rings is 1. The average Bonchev–Trinajstić information content (AvgIpc) is 3.23. The average molecular weight is 373 g/mol. The van der Waals surface area contributed by atoms with Gasteiger partial charge in [0.25, 0.3) is 0 Å². The Balaban J connectivity index is 1.53. The van der Waals surface area contributed by atoms with E-state index in [1.165, 1.54) is 34.8 Å². The number of hydrogen-bond donors (Lipinski definition) is 1. The number of nitriles is 1. The number of carbonyl (C=O) groups is 1. The molecule has 126 valence electrons. The number of halogens is 1. The van der Waals surface area contributed by atoms with E-state index in [0.717, 1.165) is 5.01 Å². The normalized spacial score (nSPS) is 10.2. The second kappa shape index (κ2) is 7.88. The molecule has 1 amide bonds. The molecule has 0 unspecified atom stereocenters. The van der Waals surface area contributed by atoms with E-state index in [4.69, 9.17) is 10.00 Å². The highest BCUT2D eigenvalue weighted by molar-refractivity contribution is 7.14. The van der Waals surface area contributed by atoms with Gasteiger partial charge in [-0.2, -0.15) is 5.26 Å². The van der Waals surface area contributed by atoms with Gasteiger partial charge in [0.1, 0.15) is 34.3 Å². The van der Waals surface area contributed by atoms with Crippen LogP contribution in [0.25, 0.3) is 0 Å². The maximum Gasteiger partial charge on any atom is 0.231 e. The fraction of sp³-hybridized carbons (Fsp3) is 0.118. The van der Waals surface area contributed by atoms with Crippen molar-refractivity contribution in [3.8, 4) is 11.8 Å². The molecule has 1 N–H and O–H groups in total. The second-order valence-electron chi connectivity index (χ2n) is 4.98. The van der Waals surface area contributed by atoms with Crippen molar-refractivity contribution >= 4 is 33.6 Å². The van der Waals surface area contributed by atoms with Gasteiger partial charge in [0.05, 0.1) is 17.7 Å². The van der Waals surface area contributed by atoms with Crippen molar-refractivity contribution in [2.24, 2.45) is 0 Å². The van der Waals surface area contributed by atoms with E-state index >= 15 is 0 Å². The number of amides is 1. The Bertz CT molecular complexity index is 913. The van der Waals surface area contributed by atoms with Gasteiger partial charge < -0.3 is 10.1 Å². The number of thiazole rings is 1. The molecular formula is C17H12FN3O2S2. The van der Waals surface area contributed by atoms with Crippen molar-refractivity contribution in [3.63, 3.8) is 0 Å². The predicted molar refractivity (Wildman–Crippen MR) is 94.2 cm³/mol. The summed E-state index contributed by atoms with van der Waals surface area (Å²) in [4.78, 5) is 16.4. The van der Waals surface area contributed by atoms with Crippen LogP contribution in [-0.4, -0.2) is 10.9 Å². The minimum atomic E-state index is -0.319. The standard InChI is InChI=1S/C17H12FN3O2S2/c18-12-1-3-14(4-2-12)23-9-16-20-13(10-25-16)7-15(22)21-17-11(8-19)5-6-24-17/h1-6,10H,7,9H2,(H,21,22). The molecule has 0 aliphatic rings. The third-order valence-electron chi connectivity index (χ3n) is 3.16. The fourth-order valence-electron chi connectivity index (χ4n) is 2.00. The summed E-state index contributed by atoms with van der Waals surface area (Å²) in [6.07, 6.45) is 0.121. The monoisotopic (exact) mass is 373 g/mol. The molecule has 1 aromatic carbocycles. The first kappa shape index (κ1) is 17.1. The molecule has 0 saturated carbocycles. The molecule has 0 aliphatic carbocycles. The molecule has 0 radical (unpaired) electrons. The summed E-state index contributed by atoms with van der Waals surface area (Å²) in [5, 5.41) is 16.5. The molecule has 0 saturated heterocycles. The second-order valence-corrected chi connectivity index (χ2v) is 6.83. The Hall–Kier alpha value is -2.76. The van der Waals surface area contributed by atoms with Gasteiger partial charge in [-0.05, 0) is 35.7 Å². The van der Waals surface area contributed by atoms with Crippen LogP contribution in [-0.2, 0) is 17.8 Å². The third kappa shape index (κ3) is 4.62. The van der Waals surface area contributed by atoms with Crippen LogP contribution in [0.1, 0.15) is 16.3 Å². The van der Waals surface area contributed by atoms with Crippen LogP contribution >= 0.6 is 22.7 Å². The number of thiophene rings is 1. The topological polar surface area (TPSA) is 75.0 Å². The molecule has 5 nitrogen and oxygen atoms in total. The molecule has 0 spiro atoms. The van der Waals surface area contributed by atoms with E-state index in [2.05, 4.69) is 10.3 Å². The number of carbonyl (C=O) groups excluding carboxylic acids is 1. The van der Waals surface area contributed by atoms with Gasteiger partial charge in [0, 0.05) is 5.38 Å². The zero-order valence-electron chi connectivity index (χ0n) is 12.9. The van der Waals surface area contributed by atoms with E-state index in [1.54, 1.807) is 29.0 Å². The highest BCUT2D eigenvalue weighted by Crippen LogP contribution is 2.22. The molecule has 3 rings (SSSR count). The fourth-order valence-corrected chi connectivity index (χ4v) is 3.46. The number of anilines is 1. The Morgan fingerprint density at radius 3 is 2.84 bits per heavy atom. The SMILES string of the molecule is N#Cc1ccsc1NC(=O)Cc1csc(COc2ccc(F)cc2)n1. The molecule has 0 fully saturated rings. The summed E-state index contributed by atoms with van der Waals surface area (Å²) >= 11 is 2.70. The van der Waals surface area contributed by atoms with E-state index in [1.807, 2.05) is 6.07 Å². The van der Waals surface area contributed by atoms with Crippen molar-refractivity contribution in [3.05, 3.63) is 63.2 Å². The summed E-state index contributed by atoms with van der Waals surface area (Å²) in [7, 11) is 0. The maximum atomic E-state index is 12.8. The van der Waals surface area contributed by atoms with Crippen molar-refractivity contribution < 1.29 is 13.9 Å². The van der Waals surface area contributed by atoms with Crippen LogP contribution in [0.4, 0.5) is 9.39 Å². The molecule has 2 heterocycles. The predicted octanol–water partition coefficient (Wildman–Crippen LogP) is 3.98. The van der Waals surface area contributed by atoms with Gasteiger partial charge in [-0.1, -0.05) is 0 Å². The van der Waals surface area contributed by atoms with Crippen molar-refractivity contribution in [1.82, 2.24) is 4.98 Å². The van der Waals surface area contributed by atoms with E-state index < -0.39 is 0 Å². The lowest BCUT2D eigenvalue weighted by Crippen LogP contribution is -2.14. The Morgan fingerprint density at radius 1 is 1.28 bits per heavy atom. The number of aromatic nitrogens is 1. The largest absolute Gasteiger partial charge is 0.486 e. The van der Waals surface area contributed by atoms with Gasteiger partial charge in [0.2, 0.25) is 5.91 Å². The van der Waals surface area contributed by atoms with E-state index in [0.29, 0.717) is 22.0 Å². The van der Waals surface area contributed by atoms with Gasteiger partial charge in [0.15, 0.2) is 0 Å². The summed E-state index contributed by atoms with van der Waals surface area (Å²) < 4.78 is 18.4. The lowest BCUT2D eigenvalue weighted by molar-refractivity contribution is -0.115. The maximum absolute atomic E-state index is 12.8. The highest BCUT2D eigenvalue weighted by atomic mass is 32.1. The highest BCUT2D eigenvalue weighted by Gasteiger charge is 2.11. The lowest BCUT2D eigenvalue weighted by Gasteiger charge is -2.03. The third-order valence-corrected chi connectivity index (χ3v) is 4.86. The molecule has 0 bridgehead atoms. The number of rotatable bonds is 6. The minimum Gasteiger partial charge on any atom is -0.486 e. The van der Waals surface area contributed by atoms with Gasteiger partial charge in [-0.15, -0.1) is 22.7 Å². The molecule has 25 heavy (non-hydrogen) atoms. The van der Waals surface area contributed by atoms with Gasteiger partial charge in [-0.25, -0.2) is 9.37 Å². The summed E-state index contributed by atoms with van der Waals surface area (Å²) in [5.41, 5.74) is 1.08.